The predicted octanol–water partition coefficient (Wildman–Crippen LogP) is 4.76. The van der Waals surface area contributed by atoms with Crippen molar-refractivity contribution in [1.82, 2.24) is 0 Å². The Morgan fingerprint density at radius 1 is 1.18 bits per heavy atom. The highest BCUT2D eigenvalue weighted by Crippen LogP contribution is 2.27. The summed E-state index contributed by atoms with van der Waals surface area (Å²) in [5.74, 6) is 0.561. The topological polar surface area (TPSA) is 51.5 Å². The Hall–Kier alpha value is -2.27. The lowest BCUT2D eigenvalue weighted by molar-refractivity contribution is 0.0998. The largest absolute Gasteiger partial charge is 0.495 e. The molecule has 0 atom stereocenters. The average Bonchev–Trinajstić information content (AvgIpc) is 2.90. The van der Waals surface area contributed by atoms with Crippen molar-refractivity contribution in [2.75, 3.05) is 12.4 Å². The molecular formula is C17H14BrNO3. The van der Waals surface area contributed by atoms with Crippen molar-refractivity contribution in [3.8, 4) is 5.75 Å². The number of ether oxygens (including phenoxy) is 1. The molecule has 1 heterocycles. The smallest absolute Gasteiger partial charge is 0.291 e. The SMILES string of the molecule is COc1ccc(C)cc1NC(=O)c1cc2ccc(Br)cc2o1. The first-order valence-electron chi connectivity index (χ1n) is 6.72. The second-order valence-electron chi connectivity index (χ2n) is 4.95. The molecule has 0 saturated heterocycles. The zero-order valence-corrected chi connectivity index (χ0v) is 13.7. The van der Waals surface area contributed by atoms with E-state index in [1.165, 1.54) is 0 Å². The first-order valence-corrected chi connectivity index (χ1v) is 7.51. The monoisotopic (exact) mass is 359 g/mol. The van der Waals surface area contributed by atoms with E-state index in [4.69, 9.17) is 9.15 Å². The van der Waals surface area contributed by atoms with Crippen LogP contribution in [0.1, 0.15) is 16.1 Å². The summed E-state index contributed by atoms with van der Waals surface area (Å²) in [6.45, 7) is 1.95. The molecule has 112 valence electrons. The van der Waals surface area contributed by atoms with Crippen molar-refractivity contribution >= 4 is 38.5 Å². The van der Waals surface area contributed by atoms with E-state index in [0.29, 0.717) is 17.0 Å². The van der Waals surface area contributed by atoms with Gasteiger partial charge in [0.05, 0.1) is 12.8 Å². The highest BCUT2D eigenvalue weighted by atomic mass is 79.9. The number of carbonyl (C=O) groups is 1. The third-order valence-electron chi connectivity index (χ3n) is 3.31. The minimum Gasteiger partial charge on any atom is -0.495 e. The summed E-state index contributed by atoms with van der Waals surface area (Å²) >= 11 is 3.38. The van der Waals surface area contributed by atoms with Crippen LogP contribution in [0, 0.1) is 6.92 Å². The average molecular weight is 360 g/mol. The summed E-state index contributed by atoms with van der Waals surface area (Å²) in [5.41, 5.74) is 2.31. The number of nitrogens with one attached hydrogen (secondary N) is 1. The number of furan rings is 1. The second-order valence-corrected chi connectivity index (χ2v) is 5.87. The quantitative estimate of drug-likeness (QED) is 0.732. The fraction of sp³-hybridized carbons (Fsp3) is 0.118. The van der Waals surface area contributed by atoms with Gasteiger partial charge in [-0.2, -0.15) is 0 Å². The molecule has 4 nitrogen and oxygen atoms in total. The fourth-order valence-corrected chi connectivity index (χ4v) is 2.56. The third-order valence-corrected chi connectivity index (χ3v) is 3.80. The number of benzene rings is 2. The lowest BCUT2D eigenvalue weighted by Gasteiger charge is -2.09. The molecule has 0 unspecified atom stereocenters. The van der Waals surface area contributed by atoms with Crippen molar-refractivity contribution in [1.29, 1.82) is 0 Å². The molecule has 0 bridgehead atoms. The molecule has 5 heteroatoms. The number of anilines is 1. The maximum atomic E-state index is 12.4. The number of rotatable bonds is 3. The minimum absolute atomic E-state index is 0.261. The molecule has 0 spiro atoms. The molecule has 1 amide bonds. The zero-order chi connectivity index (χ0) is 15.7. The van der Waals surface area contributed by atoms with Gasteiger partial charge < -0.3 is 14.5 Å². The van der Waals surface area contributed by atoms with Crippen molar-refractivity contribution < 1.29 is 13.9 Å². The van der Waals surface area contributed by atoms with E-state index in [9.17, 15) is 4.79 Å². The van der Waals surface area contributed by atoms with Gasteiger partial charge in [0, 0.05) is 9.86 Å². The molecule has 2 aromatic carbocycles. The first kappa shape index (κ1) is 14.7. The number of hydrogen-bond acceptors (Lipinski definition) is 3. The van der Waals surface area contributed by atoms with Gasteiger partial charge >= 0.3 is 0 Å². The van der Waals surface area contributed by atoms with Crippen LogP contribution < -0.4 is 10.1 Å². The Morgan fingerprint density at radius 3 is 2.77 bits per heavy atom. The van der Waals surface area contributed by atoms with Gasteiger partial charge in [-0.3, -0.25) is 4.79 Å². The standard InChI is InChI=1S/C17H14BrNO3/c1-10-3-6-14(21-2)13(7-10)19-17(20)16-8-11-4-5-12(18)9-15(11)22-16/h3-9H,1-2H3,(H,19,20). The van der Waals surface area contributed by atoms with E-state index in [1.54, 1.807) is 13.2 Å². The van der Waals surface area contributed by atoms with Gasteiger partial charge in [-0.1, -0.05) is 22.0 Å². The van der Waals surface area contributed by atoms with E-state index in [0.717, 1.165) is 15.4 Å². The summed E-state index contributed by atoms with van der Waals surface area (Å²) in [6, 6.07) is 13.0. The van der Waals surface area contributed by atoms with Gasteiger partial charge in [0.25, 0.3) is 5.91 Å². The molecule has 0 aliphatic rings. The number of halogens is 1. The number of methoxy groups -OCH3 is 1. The molecule has 0 aliphatic carbocycles. The molecule has 0 aliphatic heterocycles. The summed E-state index contributed by atoms with van der Waals surface area (Å²) in [6.07, 6.45) is 0. The molecule has 1 N–H and O–H groups in total. The molecule has 22 heavy (non-hydrogen) atoms. The molecular weight excluding hydrogens is 346 g/mol. The molecule has 0 saturated carbocycles. The summed E-state index contributed by atoms with van der Waals surface area (Å²) in [4.78, 5) is 12.4. The van der Waals surface area contributed by atoms with Crippen molar-refractivity contribution in [3.05, 3.63) is 58.3 Å². The van der Waals surface area contributed by atoms with Crippen molar-refractivity contribution in [2.24, 2.45) is 0 Å². The van der Waals surface area contributed by atoms with Crippen LogP contribution in [0.2, 0.25) is 0 Å². The van der Waals surface area contributed by atoms with E-state index in [-0.39, 0.29) is 11.7 Å². The number of fused-ring (bicyclic) bond motifs is 1. The van der Waals surface area contributed by atoms with Crippen LogP contribution in [0.5, 0.6) is 5.75 Å². The van der Waals surface area contributed by atoms with Crippen LogP contribution >= 0.6 is 15.9 Å². The van der Waals surface area contributed by atoms with Crippen molar-refractivity contribution in [3.63, 3.8) is 0 Å². The Labute approximate surface area is 136 Å². The second kappa shape index (κ2) is 5.85. The van der Waals surface area contributed by atoms with Crippen molar-refractivity contribution in [2.45, 2.75) is 6.92 Å². The van der Waals surface area contributed by atoms with Gasteiger partial charge in [-0.15, -0.1) is 0 Å². The van der Waals surface area contributed by atoms with Crippen LogP contribution in [-0.2, 0) is 0 Å². The van der Waals surface area contributed by atoms with Gasteiger partial charge in [0.2, 0.25) is 0 Å². The van der Waals surface area contributed by atoms with Crippen LogP contribution in [0.3, 0.4) is 0 Å². The Kier molecular flexibility index (Phi) is 3.90. The summed E-state index contributed by atoms with van der Waals surface area (Å²) in [5, 5.41) is 3.70. The lowest BCUT2D eigenvalue weighted by atomic mass is 10.2. The van der Waals surface area contributed by atoms with Crippen LogP contribution in [0.4, 0.5) is 5.69 Å². The fourth-order valence-electron chi connectivity index (χ4n) is 2.22. The van der Waals surface area contributed by atoms with E-state index in [1.807, 2.05) is 43.3 Å². The highest BCUT2D eigenvalue weighted by Gasteiger charge is 2.15. The Balaban J connectivity index is 1.91. The van der Waals surface area contributed by atoms with Gasteiger partial charge in [-0.25, -0.2) is 0 Å². The van der Waals surface area contributed by atoms with Crippen LogP contribution in [-0.4, -0.2) is 13.0 Å². The maximum absolute atomic E-state index is 12.4. The van der Waals surface area contributed by atoms with Gasteiger partial charge in [-0.05, 0) is 48.9 Å². The summed E-state index contributed by atoms with van der Waals surface area (Å²) in [7, 11) is 1.57. The zero-order valence-electron chi connectivity index (χ0n) is 12.1. The normalized spacial score (nSPS) is 10.7. The number of amides is 1. The molecule has 3 aromatic rings. The molecule has 0 fully saturated rings. The van der Waals surface area contributed by atoms with Crippen LogP contribution in [0.15, 0.2) is 51.4 Å². The molecule has 1 aromatic heterocycles. The Morgan fingerprint density at radius 2 is 2.00 bits per heavy atom. The van der Waals surface area contributed by atoms with Gasteiger partial charge in [0.1, 0.15) is 11.3 Å². The highest BCUT2D eigenvalue weighted by molar-refractivity contribution is 9.10. The predicted molar refractivity (Wildman–Crippen MR) is 89.6 cm³/mol. The number of aryl methyl sites for hydroxylation is 1. The lowest BCUT2D eigenvalue weighted by Crippen LogP contribution is -2.11. The van der Waals surface area contributed by atoms with E-state index >= 15 is 0 Å². The summed E-state index contributed by atoms with van der Waals surface area (Å²) < 4.78 is 11.8. The van der Waals surface area contributed by atoms with Gasteiger partial charge in [0.15, 0.2) is 5.76 Å². The van der Waals surface area contributed by atoms with E-state index < -0.39 is 0 Å². The Bertz CT molecular complexity index is 854. The molecule has 0 radical (unpaired) electrons. The third kappa shape index (κ3) is 2.85. The van der Waals surface area contributed by atoms with Crippen LogP contribution in [0.25, 0.3) is 11.0 Å². The van der Waals surface area contributed by atoms with E-state index in [2.05, 4.69) is 21.2 Å². The first-order chi connectivity index (χ1) is 10.6. The number of hydrogen-bond donors (Lipinski definition) is 1. The minimum atomic E-state index is -0.309. The number of carbonyl (C=O) groups excluding carboxylic acids is 1. The maximum Gasteiger partial charge on any atom is 0.291 e. The molecule has 3 rings (SSSR count).